The van der Waals surface area contributed by atoms with Gasteiger partial charge < -0.3 is 19.8 Å². The number of anilines is 1. The van der Waals surface area contributed by atoms with Crippen LogP contribution in [0, 0.1) is 4.77 Å². The zero-order valence-corrected chi connectivity index (χ0v) is 16.1. The third-order valence-electron chi connectivity index (χ3n) is 4.60. The van der Waals surface area contributed by atoms with Gasteiger partial charge in [0.25, 0.3) is 5.91 Å². The molecule has 28 heavy (non-hydrogen) atoms. The summed E-state index contributed by atoms with van der Waals surface area (Å²) < 4.78 is 13.5. The lowest BCUT2D eigenvalue weighted by molar-refractivity contribution is 0.0679. The van der Waals surface area contributed by atoms with Crippen LogP contribution in [0.5, 0.6) is 5.75 Å². The Morgan fingerprint density at radius 1 is 1.21 bits per heavy atom. The molecular formula is C21H21N3O3S. The van der Waals surface area contributed by atoms with Gasteiger partial charge in [0.1, 0.15) is 18.1 Å². The minimum atomic E-state index is -0.246. The summed E-state index contributed by atoms with van der Waals surface area (Å²) in [5, 5.41) is 2.90. The average molecular weight is 395 g/mol. The second-order valence-electron chi connectivity index (χ2n) is 6.57. The third-order valence-corrected chi connectivity index (χ3v) is 4.90. The summed E-state index contributed by atoms with van der Waals surface area (Å²) in [5.41, 5.74) is 1.95. The normalized spacial score (nSPS) is 16.1. The van der Waals surface area contributed by atoms with Crippen molar-refractivity contribution in [3.8, 4) is 11.4 Å². The second kappa shape index (κ2) is 8.41. The van der Waals surface area contributed by atoms with Crippen molar-refractivity contribution in [2.24, 2.45) is 0 Å². The highest BCUT2D eigenvalue weighted by atomic mass is 32.1. The van der Waals surface area contributed by atoms with E-state index in [1.807, 2.05) is 54.6 Å². The van der Waals surface area contributed by atoms with Gasteiger partial charge in [-0.1, -0.05) is 18.2 Å². The van der Waals surface area contributed by atoms with E-state index < -0.39 is 0 Å². The van der Waals surface area contributed by atoms with Gasteiger partial charge in [0.15, 0.2) is 4.77 Å². The highest BCUT2D eigenvalue weighted by Crippen LogP contribution is 2.20. The van der Waals surface area contributed by atoms with Gasteiger partial charge in [0.05, 0.1) is 6.10 Å². The maximum absolute atomic E-state index is 12.8. The van der Waals surface area contributed by atoms with Crippen LogP contribution in [0.3, 0.4) is 0 Å². The number of nitrogens with zero attached hydrogens (tertiary/aromatic N) is 1. The molecule has 0 bridgehead atoms. The Bertz CT molecular complexity index is 990. The fourth-order valence-electron chi connectivity index (χ4n) is 3.16. The number of amides is 1. The minimum absolute atomic E-state index is 0.175. The van der Waals surface area contributed by atoms with Crippen molar-refractivity contribution in [1.82, 2.24) is 9.55 Å². The number of carbonyl (C=O) groups excluding carboxylic acids is 1. The fraction of sp³-hybridized carbons (Fsp3) is 0.238. The van der Waals surface area contributed by atoms with E-state index >= 15 is 0 Å². The van der Waals surface area contributed by atoms with Gasteiger partial charge >= 0.3 is 0 Å². The molecule has 6 nitrogen and oxygen atoms in total. The molecule has 1 fully saturated rings. The van der Waals surface area contributed by atoms with E-state index in [1.54, 1.807) is 10.8 Å². The summed E-state index contributed by atoms with van der Waals surface area (Å²) in [6.07, 6.45) is 3.92. The zero-order valence-electron chi connectivity index (χ0n) is 15.3. The summed E-state index contributed by atoms with van der Waals surface area (Å²) in [7, 11) is 0. The van der Waals surface area contributed by atoms with Crippen LogP contribution in [-0.2, 0) is 4.74 Å². The number of benzene rings is 2. The number of hydrogen-bond acceptors (Lipinski definition) is 4. The molecule has 1 aliphatic rings. The molecule has 0 aliphatic carbocycles. The zero-order chi connectivity index (χ0) is 19.3. The lowest BCUT2D eigenvalue weighted by Crippen LogP contribution is -2.17. The number of ether oxygens (including phenoxy) is 2. The SMILES string of the molecule is O=C(Nc1ccc(OCC2CCCO2)cc1)c1c[nH]c(=S)n1-c1ccccc1. The van der Waals surface area contributed by atoms with Gasteiger partial charge in [-0.2, -0.15) is 0 Å². The molecule has 7 heteroatoms. The van der Waals surface area contributed by atoms with Crippen LogP contribution in [0.4, 0.5) is 5.69 Å². The monoisotopic (exact) mass is 395 g/mol. The van der Waals surface area contributed by atoms with Gasteiger partial charge in [-0.25, -0.2) is 0 Å². The maximum Gasteiger partial charge on any atom is 0.274 e. The summed E-state index contributed by atoms with van der Waals surface area (Å²) in [4.78, 5) is 15.7. The van der Waals surface area contributed by atoms with Crippen LogP contribution in [0.1, 0.15) is 23.3 Å². The summed E-state index contributed by atoms with van der Waals surface area (Å²) >= 11 is 5.33. The van der Waals surface area contributed by atoms with E-state index in [2.05, 4.69) is 10.3 Å². The quantitative estimate of drug-likeness (QED) is 0.609. The predicted molar refractivity (Wildman–Crippen MR) is 110 cm³/mol. The third kappa shape index (κ3) is 4.16. The lowest BCUT2D eigenvalue weighted by Gasteiger charge is -2.12. The number of carbonyl (C=O) groups is 1. The number of para-hydroxylation sites is 1. The fourth-order valence-corrected chi connectivity index (χ4v) is 3.43. The van der Waals surface area contributed by atoms with Crippen LogP contribution in [0.2, 0.25) is 0 Å². The van der Waals surface area contributed by atoms with Crippen LogP contribution in [-0.4, -0.2) is 34.8 Å². The molecular weight excluding hydrogens is 374 g/mol. The largest absolute Gasteiger partial charge is 0.491 e. The van der Waals surface area contributed by atoms with Crippen molar-refractivity contribution < 1.29 is 14.3 Å². The van der Waals surface area contributed by atoms with E-state index in [-0.39, 0.29) is 12.0 Å². The Balaban J connectivity index is 1.43. The Morgan fingerprint density at radius 2 is 2.00 bits per heavy atom. The minimum Gasteiger partial charge on any atom is -0.491 e. The van der Waals surface area contributed by atoms with Crippen molar-refractivity contribution in [3.63, 3.8) is 0 Å². The molecule has 144 valence electrons. The van der Waals surface area contributed by atoms with Crippen molar-refractivity contribution in [2.45, 2.75) is 18.9 Å². The van der Waals surface area contributed by atoms with Gasteiger partial charge in [0, 0.05) is 24.2 Å². The van der Waals surface area contributed by atoms with Gasteiger partial charge in [0.2, 0.25) is 0 Å². The number of rotatable bonds is 6. The van der Waals surface area contributed by atoms with Crippen LogP contribution >= 0.6 is 12.2 Å². The number of aromatic nitrogens is 2. The topological polar surface area (TPSA) is 68.3 Å². The first kappa shape index (κ1) is 18.5. The molecule has 1 aliphatic heterocycles. The predicted octanol–water partition coefficient (Wildman–Crippen LogP) is 4.34. The molecule has 2 heterocycles. The summed E-state index contributed by atoms with van der Waals surface area (Å²) in [6, 6.07) is 16.8. The number of H-pyrrole nitrogens is 1. The van der Waals surface area contributed by atoms with E-state index in [9.17, 15) is 4.79 Å². The first-order valence-electron chi connectivity index (χ1n) is 9.22. The van der Waals surface area contributed by atoms with Gasteiger partial charge in [-0.05, 0) is 61.5 Å². The molecule has 2 aromatic carbocycles. The van der Waals surface area contributed by atoms with Crippen LogP contribution in [0.25, 0.3) is 5.69 Å². The highest BCUT2D eigenvalue weighted by Gasteiger charge is 2.16. The highest BCUT2D eigenvalue weighted by molar-refractivity contribution is 7.71. The van der Waals surface area contributed by atoms with Gasteiger partial charge in [-0.3, -0.25) is 9.36 Å². The number of hydrogen-bond donors (Lipinski definition) is 2. The summed E-state index contributed by atoms with van der Waals surface area (Å²) in [5.74, 6) is 0.506. The molecule has 1 amide bonds. The first-order valence-corrected chi connectivity index (χ1v) is 9.63. The van der Waals surface area contributed by atoms with E-state index in [4.69, 9.17) is 21.7 Å². The van der Waals surface area contributed by atoms with Gasteiger partial charge in [-0.15, -0.1) is 0 Å². The smallest absolute Gasteiger partial charge is 0.274 e. The van der Waals surface area contributed by atoms with Crippen molar-refractivity contribution in [2.75, 3.05) is 18.5 Å². The molecule has 3 aromatic rings. The second-order valence-corrected chi connectivity index (χ2v) is 6.96. The van der Waals surface area contributed by atoms with Crippen molar-refractivity contribution >= 4 is 23.8 Å². The van der Waals surface area contributed by atoms with Crippen molar-refractivity contribution in [1.29, 1.82) is 0 Å². The average Bonchev–Trinajstić information content (AvgIpc) is 3.38. The first-order chi connectivity index (χ1) is 13.7. The Labute approximate surface area is 168 Å². The number of imidazole rings is 1. The molecule has 1 unspecified atom stereocenters. The Morgan fingerprint density at radius 3 is 2.71 bits per heavy atom. The summed E-state index contributed by atoms with van der Waals surface area (Å²) in [6.45, 7) is 1.36. The standard InChI is InChI=1S/C21H21N3O3S/c25-20(19-13-22-21(28)24(19)16-5-2-1-3-6-16)23-15-8-10-17(11-9-15)27-14-18-7-4-12-26-18/h1-3,5-6,8-11,13,18H,4,7,12,14H2,(H,22,28)(H,23,25). The molecule has 4 rings (SSSR count). The molecule has 0 radical (unpaired) electrons. The molecule has 1 aromatic heterocycles. The molecule has 2 N–H and O–H groups in total. The Hall–Kier alpha value is -2.90. The van der Waals surface area contributed by atoms with E-state index in [1.165, 1.54) is 0 Å². The molecule has 1 atom stereocenters. The molecule has 0 saturated carbocycles. The lowest BCUT2D eigenvalue weighted by atomic mass is 10.2. The van der Waals surface area contributed by atoms with Crippen LogP contribution in [0.15, 0.2) is 60.8 Å². The maximum atomic E-state index is 12.8. The molecule has 0 spiro atoms. The Kier molecular flexibility index (Phi) is 5.55. The van der Waals surface area contributed by atoms with Crippen molar-refractivity contribution in [3.05, 3.63) is 71.3 Å². The molecule has 1 saturated heterocycles. The van der Waals surface area contributed by atoms with Crippen LogP contribution < -0.4 is 10.1 Å². The number of nitrogens with one attached hydrogen (secondary N) is 2. The van der Waals surface area contributed by atoms with E-state index in [0.717, 1.165) is 30.9 Å². The van der Waals surface area contributed by atoms with E-state index in [0.29, 0.717) is 22.8 Å². The number of aromatic amines is 1.